The molecule has 0 radical (unpaired) electrons. The second-order valence-electron chi connectivity index (χ2n) is 6.47. The van der Waals surface area contributed by atoms with Crippen LogP contribution in [0.3, 0.4) is 0 Å². The van der Waals surface area contributed by atoms with Gasteiger partial charge in [-0.3, -0.25) is 4.79 Å². The summed E-state index contributed by atoms with van der Waals surface area (Å²) in [5.41, 5.74) is 2.30. The molecule has 6 heteroatoms. The molecule has 1 heterocycles. The standard InChI is InChI=1S/C21H22ClN3O2/c1-2-3-4-6-9-14-12-13-16-18(17(14)22)23-21(27)19(16)24-25-20(26)15-10-7-5-8-11-15/h5,7-8,10-13,23,27H,2-4,6,9H2,1H3. The van der Waals surface area contributed by atoms with E-state index in [9.17, 15) is 9.90 Å². The Labute approximate surface area is 163 Å². The minimum absolute atomic E-state index is 0.153. The summed E-state index contributed by atoms with van der Waals surface area (Å²) in [4.78, 5) is 15.0. The lowest BCUT2D eigenvalue weighted by Gasteiger charge is -2.05. The summed E-state index contributed by atoms with van der Waals surface area (Å²) in [5, 5.41) is 19.1. The maximum absolute atomic E-state index is 12.1. The highest BCUT2D eigenvalue weighted by Gasteiger charge is 2.16. The summed E-state index contributed by atoms with van der Waals surface area (Å²) in [6, 6.07) is 12.5. The second kappa shape index (κ2) is 8.82. The van der Waals surface area contributed by atoms with Gasteiger partial charge in [0.15, 0.2) is 5.69 Å². The zero-order valence-electron chi connectivity index (χ0n) is 15.2. The van der Waals surface area contributed by atoms with Crippen LogP contribution in [-0.2, 0) is 6.42 Å². The van der Waals surface area contributed by atoms with Crippen molar-refractivity contribution in [3.63, 3.8) is 0 Å². The number of halogens is 1. The number of carbonyl (C=O) groups is 1. The molecule has 3 rings (SSSR count). The van der Waals surface area contributed by atoms with Gasteiger partial charge in [0.25, 0.3) is 5.91 Å². The molecule has 0 bridgehead atoms. The van der Waals surface area contributed by atoms with E-state index in [4.69, 9.17) is 11.6 Å². The molecule has 0 saturated carbocycles. The molecule has 5 nitrogen and oxygen atoms in total. The number of nitrogens with one attached hydrogen (secondary N) is 1. The molecule has 0 fully saturated rings. The average Bonchev–Trinajstić information content (AvgIpc) is 3.01. The summed E-state index contributed by atoms with van der Waals surface area (Å²) in [5.74, 6) is -0.623. The number of aromatic nitrogens is 1. The molecule has 0 unspecified atom stereocenters. The molecule has 0 aliphatic carbocycles. The van der Waals surface area contributed by atoms with Crippen molar-refractivity contribution in [3.8, 4) is 5.88 Å². The highest BCUT2D eigenvalue weighted by Crippen LogP contribution is 2.40. The van der Waals surface area contributed by atoms with E-state index >= 15 is 0 Å². The van der Waals surface area contributed by atoms with Crippen molar-refractivity contribution in [2.75, 3.05) is 0 Å². The van der Waals surface area contributed by atoms with Crippen molar-refractivity contribution in [2.24, 2.45) is 10.2 Å². The number of aryl methyl sites for hydroxylation is 1. The highest BCUT2D eigenvalue weighted by molar-refractivity contribution is 6.36. The van der Waals surface area contributed by atoms with Crippen molar-refractivity contribution in [3.05, 3.63) is 58.6 Å². The first-order valence-electron chi connectivity index (χ1n) is 9.15. The Balaban J connectivity index is 1.84. The maximum atomic E-state index is 12.1. The van der Waals surface area contributed by atoms with E-state index in [1.54, 1.807) is 24.3 Å². The van der Waals surface area contributed by atoms with Crippen LogP contribution in [0, 0.1) is 0 Å². The zero-order valence-corrected chi connectivity index (χ0v) is 16.0. The number of azo groups is 1. The Morgan fingerprint density at radius 1 is 1.11 bits per heavy atom. The quantitative estimate of drug-likeness (QED) is 0.357. The minimum Gasteiger partial charge on any atom is -0.493 e. The average molecular weight is 384 g/mol. The zero-order chi connectivity index (χ0) is 19.2. The largest absolute Gasteiger partial charge is 0.493 e. The van der Waals surface area contributed by atoms with Crippen LogP contribution in [0.1, 0.15) is 48.5 Å². The number of aromatic amines is 1. The Bertz CT molecular complexity index is 964. The maximum Gasteiger partial charge on any atom is 0.295 e. The van der Waals surface area contributed by atoms with E-state index in [2.05, 4.69) is 22.1 Å². The lowest BCUT2D eigenvalue weighted by atomic mass is 10.0. The number of hydrogen-bond donors (Lipinski definition) is 2. The van der Waals surface area contributed by atoms with Crippen molar-refractivity contribution >= 4 is 34.1 Å². The fourth-order valence-corrected chi connectivity index (χ4v) is 3.32. The van der Waals surface area contributed by atoms with Crippen LogP contribution in [0.4, 0.5) is 5.69 Å². The van der Waals surface area contributed by atoms with Gasteiger partial charge in [-0.05, 0) is 30.5 Å². The molecule has 1 amide bonds. The first-order valence-corrected chi connectivity index (χ1v) is 9.52. The predicted octanol–water partition coefficient (Wildman–Crippen LogP) is 6.57. The molecule has 0 atom stereocenters. The lowest BCUT2D eigenvalue weighted by molar-refractivity contribution is 0.0995. The van der Waals surface area contributed by atoms with Gasteiger partial charge in [0.1, 0.15) is 0 Å². The molecule has 27 heavy (non-hydrogen) atoms. The van der Waals surface area contributed by atoms with E-state index in [0.29, 0.717) is 21.5 Å². The summed E-state index contributed by atoms with van der Waals surface area (Å²) in [6.45, 7) is 2.18. The summed E-state index contributed by atoms with van der Waals surface area (Å²) >= 11 is 6.52. The number of fused-ring (bicyclic) bond motifs is 1. The van der Waals surface area contributed by atoms with Crippen LogP contribution in [0.25, 0.3) is 10.9 Å². The van der Waals surface area contributed by atoms with Gasteiger partial charge in [0, 0.05) is 10.9 Å². The van der Waals surface area contributed by atoms with Gasteiger partial charge in [-0.1, -0.05) is 68.1 Å². The Kier molecular flexibility index (Phi) is 6.24. The van der Waals surface area contributed by atoms with Crippen LogP contribution in [-0.4, -0.2) is 16.0 Å². The SMILES string of the molecule is CCCCCCc1ccc2c(N=NC(=O)c3ccccc3)c(O)[nH]c2c1Cl. The topological polar surface area (TPSA) is 77.8 Å². The van der Waals surface area contributed by atoms with Gasteiger partial charge < -0.3 is 10.1 Å². The number of benzene rings is 2. The summed E-state index contributed by atoms with van der Waals surface area (Å²) < 4.78 is 0. The van der Waals surface area contributed by atoms with Crippen LogP contribution in [0.2, 0.25) is 5.02 Å². The number of nitrogens with zero attached hydrogens (tertiary/aromatic N) is 2. The molecule has 0 aliphatic heterocycles. The lowest BCUT2D eigenvalue weighted by Crippen LogP contribution is -1.91. The summed E-state index contributed by atoms with van der Waals surface area (Å²) in [6.07, 6.45) is 5.53. The van der Waals surface area contributed by atoms with Crippen molar-refractivity contribution in [2.45, 2.75) is 39.0 Å². The molecule has 1 aromatic heterocycles. The molecular weight excluding hydrogens is 362 g/mol. The van der Waals surface area contributed by atoms with Crippen LogP contribution in [0.5, 0.6) is 5.88 Å². The molecule has 2 aromatic carbocycles. The fraction of sp³-hybridized carbons (Fsp3) is 0.286. The molecular formula is C21H22ClN3O2. The monoisotopic (exact) mass is 383 g/mol. The van der Waals surface area contributed by atoms with Gasteiger partial charge in [-0.25, -0.2) is 0 Å². The number of rotatable bonds is 7. The normalized spacial score (nSPS) is 11.5. The van der Waals surface area contributed by atoms with E-state index in [1.165, 1.54) is 19.3 Å². The molecule has 0 saturated heterocycles. The third-order valence-electron chi connectivity index (χ3n) is 4.51. The Hall–Kier alpha value is -2.66. The number of hydrogen-bond acceptors (Lipinski definition) is 3. The van der Waals surface area contributed by atoms with E-state index in [-0.39, 0.29) is 11.6 Å². The van der Waals surface area contributed by atoms with Crippen molar-refractivity contribution < 1.29 is 9.90 Å². The van der Waals surface area contributed by atoms with Gasteiger partial charge in [0.05, 0.1) is 10.5 Å². The molecule has 3 aromatic rings. The highest BCUT2D eigenvalue weighted by atomic mass is 35.5. The van der Waals surface area contributed by atoms with Gasteiger partial charge in [-0.2, -0.15) is 0 Å². The number of H-pyrrole nitrogens is 1. The first kappa shape index (κ1) is 19.1. The van der Waals surface area contributed by atoms with Crippen LogP contribution in [0.15, 0.2) is 52.7 Å². The Morgan fingerprint density at radius 2 is 1.89 bits per heavy atom. The number of carbonyl (C=O) groups excluding carboxylic acids is 1. The van der Waals surface area contributed by atoms with E-state index in [0.717, 1.165) is 18.4 Å². The van der Waals surface area contributed by atoms with Crippen molar-refractivity contribution in [1.82, 2.24) is 4.98 Å². The van der Waals surface area contributed by atoms with Gasteiger partial charge in [0.2, 0.25) is 5.88 Å². The third kappa shape index (κ3) is 4.37. The Morgan fingerprint density at radius 3 is 2.63 bits per heavy atom. The van der Waals surface area contributed by atoms with E-state index < -0.39 is 5.91 Å². The first-order chi connectivity index (χ1) is 13.1. The van der Waals surface area contributed by atoms with Crippen molar-refractivity contribution in [1.29, 1.82) is 0 Å². The second-order valence-corrected chi connectivity index (χ2v) is 6.84. The van der Waals surface area contributed by atoms with E-state index in [1.807, 2.05) is 18.2 Å². The van der Waals surface area contributed by atoms with Crippen LogP contribution >= 0.6 is 11.6 Å². The minimum atomic E-state index is -0.469. The summed E-state index contributed by atoms with van der Waals surface area (Å²) in [7, 11) is 0. The van der Waals surface area contributed by atoms with Gasteiger partial charge in [-0.15, -0.1) is 10.2 Å². The smallest absolute Gasteiger partial charge is 0.295 e. The van der Waals surface area contributed by atoms with Crippen LogP contribution < -0.4 is 0 Å². The molecule has 0 aliphatic rings. The number of aromatic hydroxyl groups is 1. The molecule has 2 N–H and O–H groups in total. The number of unbranched alkanes of at least 4 members (excludes halogenated alkanes) is 3. The fourth-order valence-electron chi connectivity index (χ4n) is 3.01. The number of amides is 1. The van der Waals surface area contributed by atoms with Gasteiger partial charge >= 0.3 is 0 Å². The molecule has 0 spiro atoms. The molecule has 140 valence electrons. The third-order valence-corrected chi connectivity index (χ3v) is 4.94. The predicted molar refractivity (Wildman–Crippen MR) is 108 cm³/mol.